The first-order valence-electron chi connectivity index (χ1n) is 8.83. The summed E-state index contributed by atoms with van der Waals surface area (Å²) in [6.07, 6.45) is 5.57. The number of H-pyrrole nitrogens is 1. The Kier molecular flexibility index (Phi) is 4.68. The maximum absolute atomic E-state index is 13.1. The number of nitrogens with one attached hydrogen (secondary N) is 1. The van der Waals surface area contributed by atoms with Crippen molar-refractivity contribution in [3.63, 3.8) is 0 Å². The normalized spacial score (nSPS) is 20.2. The van der Waals surface area contributed by atoms with Crippen LogP contribution in [0.5, 0.6) is 5.75 Å². The van der Waals surface area contributed by atoms with Crippen LogP contribution in [0.4, 0.5) is 4.39 Å². The maximum Gasteiger partial charge on any atom is 0.255 e. The first-order valence-corrected chi connectivity index (χ1v) is 9.21. The zero-order chi connectivity index (χ0) is 18.1. The first kappa shape index (κ1) is 17.1. The summed E-state index contributed by atoms with van der Waals surface area (Å²) in [5.74, 6) is 0.867. The molecule has 1 saturated carbocycles. The highest BCUT2D eigenvalue weighted by Crippen LogP contribution is 2.36. The number of fused-ring (bicyclic) bond motifs is 1. The Hall–Kier alpha value is -2.33. The molecule has 26 heavy (non-hydrogen) atoms. The van der Waals surface area contributed by atoms with Crippen LogP contribution in [0.1, 0.15) is 37.2 Å². The molecule has 1 aliphatic rings. The Bertz CT molecular complexity index is 975. The van der Waals surface area contributed by atoms with Gasteiger partial charge in [0.05, 0.1) is 11.1 Å². The van der Waals surface area contributed by atoms with Crippen LogP contribution in [0.2, 0.25) is 5.02 Å². The van der Waals surface area contributed by atoms with Crippen LogP contribution in [0, 0.1) is 5.82 Å². The van der Waals surface area contributed by atoms with Crippen LogP contribution in [0.15, 0.2) is 53.5 Å². The van der Waals surface area contributed by atoms with E-state index in [1.807, 2.05) is 24.3 Å². The highest BCUT2D eigenvalue weighted by molar-refractivity contribution is 6.32. The van der Waals surface area contributed by atoms with Crippen LogP contribution in [0.25, 0.3) is 10.8 Å². The lowest BCUT2D eigenvalue weighted by molar-refractivity contribution is 0.147. The molecule has 1 heterocycles. The van der Waals surface area contributed by atoms with Gasteiger partial charge in [-0.2, -0.15) is 0 Å². The third-order valence-electron chi connectivity index (χ3n) is 5.14. The highest BCUT2D eigenvalue weighted by Gasteiger charge is 2.24. The van der Waals surface area contributed by atoms with Crippen molar-refractivity contribution in [1.29, 1.82) is 0 Å². The van der Waals surface area contributed by atoms with Crippen molar-refractivity contribution in [2.45, 2.75) is 37.7 Å². The summed E-state index contributed by atoms with van der Waals surface area (Å²) in [4.78, 5) is 14.5. The van der Waals surface area contributed by atoms with E-state index in [0.717, 1.165) is 31.1 Å². The number of benzene rings is 2. The van der Waals surface area contributed by atoms with Gasteiger partial charge in [-0.25, -0.2) is 4.39 Å². The van der Waals surface area contributed by atoms with Crippen LogP contribution < -0.4 is 10.3 Å². The Balaban J connectivity index is 1.46. The number of aromatic nitrogens is 1. The number of halogens is 2. The van der Waals surface area contributed by atoms with Crippen molar-refractivity contribution >= 4 is 22.4 Å². The molecule has 3 nitrogen and oxygen atoms in total. The second-order valence-corrected chi connectivity index (χ2v) is 7.23. The standard InChI is InChI=1S/C21H19ClFNO2/c22-19-12-18-15(9-10-24-21(18)25)11-20(19)26-17-7-3-14(4-8-17)13-1-5-16(23)6-2-13/h1-2,5-6,9-12,14,17H,3-4,7-8H2,(H,24,25). The number of hydrogen-bond donors (Lipinski definition) is 1. The van der Waals surface area contributed by atoms with Gasteiger partial charge >= 0.3 is 0 Å². The van der Waals surface area contributed by atoms with Gasteiger partial charge in [0, 0.05) is 11.6 Å². The Labute approximate surface area is 155 Å². The molecule has 0 saturated heterocycles. The quantitative estimate of drug-likeness (QED) is 0.667. The number of aromatic amines is 1. The number of pyridine rings is 1. The van der Waals surface area contributed by atoms with Gasteiger partial charge in [0.2, 0.25) is 0 Å². The molecule has 1 aliphatic carbocycles. The number of rotatable bonds is 3. The summed E-state index contributed by atoms with van der Waals surface area (Å²) >= 11 is 6.32. The number of hydrogen-bond acceptors (Lipinski definition) is 2. The largest absolute Gasteiger partial charge is 0.489 e. The van der Waals surface area contributed by atoms with Crippen molar-refractivity contribution < 1.29 is 9.13 Å². The minimum absolute atomic E-state index is 0.101. The third kappa shape index (κ3) is 3.47. The maximum atomic E-state index is 13.1. The SMILES string of the molecule is O=c1[nH]ccc2cc(OC3CCC(c4ccc(F)cc4)CC3)c(Cl)cc12. The van der Waals surface area contributed by atoms with E-state index in [2.05, 4.69) is 4.98 Å². The van der Waals surface area contributed by atoms with Gasteiger partial charge < -0.3 is 9.72 Å². The summed E-state index contributed by atoms with van der Waals surface area (Å²) in [6, 6.07) is 12.1. The van der Waals surface area contributed by atoms with Gasteiger partial charge in [-0.3, -0.25) is 4.79 Å². The summed E-state index contributed by atoms with van der Waals surface area (Å²) in [6.45, 7) is 0. The molecule has 1 aromatic heterocycles. The topological polar surface area (TPSA) is 42.1 Å². The average Bonchev–Trinajstić information content (AvgIpc) is 2.65. The lowest BCUT2D eigenvalue weighted by Crippen LogP contribution is -2.23. The fourth-order valence-corrected chi connectivity index (χ4v) is 3.92. The molecule has 2 aromatic carbocycles. The van der Waals surface area contributed by atoms with Crippen molar-refractivity contribution in [3.05, 3.63) is 75.4 Å². The van der Waals surface area contributed by atoms with Gasteiger partial charge in [-0.1, -0.05) is 23.7 Å². The van der Waals surface area contributed by atoms with Crippen molar-refractivity contribution in [1.82, 2.24) is 4.98 Å². The molecule has 5 heteroatoms. The van der Waals surface area contributed by atoms with E-state index < -0.39 is 0 Å². The summed E-state index contributed by atoms with van der Waals surface area (Å²) < 4.78 is 19.2. The lowest BCUT2D eigenvalue weighted by Gasteiger charge is -2.29. The zero-order valence-electron chi connectivity index (χ0n) is 14.2. The molecule has 0 aliphatic heterocycles. The summed E-state index contributed by atoms with van der Waals surface area (Å²) in [5, 5.41) is 1.83. The molecule has 1 fully saturated rings. The molecule has 0 bridgehead atoms. The lowest BCUT2D eigenvalue weighted by atomic mass is 9.83. The Morgan fingerprint density at radius 1 is 1.04 bits per heavy atom. The van der Waals surface area contributed by atoms with Gasteiger partial charge in [0.25, 0.3) is 5.56 Å². The molecular weight excluding hydrogens is 353 g/mol. The van der Waals surface area contributed by atoms with E-state index in [1.165, 1.54) is 17.7 Å². The van der Waals surface area contributed by atoms with Crippen LogP contribution in [-0.2, 0) is 0 Å². The molecule has 1 N–H and O–H groups in total. The summed E-state index contributed by atoms with van der Waals surface area (Å²) in [5.41, 5.74) is 1.03. The Morgan fingerprint density at radius 2 is 1.77 bits per heavy atom. The predicted octanol–water partition coefficient (Wildman–Crippen LogP) is 5.43. The average molecular weight is 372 g/mol. The van der Waals surface area contributed by atoms with E-state index in [1.54, 1.807) is 12.3 Å². The zero-order valence-corrected chi connectivity index (χ0v) is 14.9. The van der Waals surface area contributed by atoms with E-state index in [-0.39, 0.29) is 17.5 Å². The van der Waals surface area contributed by atoms with E-state index in [4.69, 9.17) is 16.3 Å². The van der Waals surface area contributed by atoms with Gasteiger partial charge in [-0.05, 0) is 72.9 Å². The van der Waals surface area contributed by atoms with Crippen molar-refractivity contribution in [2.75, 3.05) is 0 Å². The smallest absolute Gasteiger partial charge is 0.255 e. The fourth-order valence-electron chi connectivity index (χ4n) is 3.71. The second kappa shape index (κ2) is 7.12. The van der Waals surface area contributed by atoms with Crippen molar-refractivity contribution in [2.24, 2.45) is 0 Å². The minimum Gasteiger partial charge on any atom is -0.489 e. The van der Waals surface area contributed by atoms with Crippen LogP contribution >= 0.6 is 11.6 Å². The molecule has 3 aromatic rings. The highest BCUT2D eigenvalue weighted by atomic mass is 35.5. The van der Waals surface area contributed by atoms with E-state index in [0.29, 0.717) is 22.1 Å². The second-order valence-electron chi connectivity index (χ2n) is 6.82. The molecule has 0 radical (unpaired) electrons. The fraction of sp³-hybridized carbons (Fsp3) is 0.286. The molecule has 0 unspecified atom stereocenters. The van der Waals surface area contributed by atoms with Crippen LogP contribution in [-0.4, -0.2) is 11.1 Å². The summed E-state index contributed by atoms with van der Waals surface area (Å²) in [7, 11) is 0. The van der Waals surface area contributed by atoms with E-state index in [9.17, 15) is 9.18 Å². The van der Waals surface area contributed by atoms with Crippen LogP contribution in [0.3, 0.4) is 0 Å². The molecular formula is C21H19ClFNO2. The van der Waals surface area contributed by atoms with E-state index >= 15 is 0 Å². The van der Waals surface area contributed by atoms with Gasteiger partial charge in [0.1, 0.15) is 11.6 Å². The molecule has 0 atom stereocenters. The molecule has 134 valence electrons. The molecule has 0 amide bonds. The molecule has 4 rings (SSSR count). The first-order chi connectivity index (χ1) is 12.6. The predicted molar refractivity (Wildman–Crippen MR) is 102 cm³/mol. The monoisotopic (exact) mass is 371 g/mol. The Morgan fingerprint density at radius 3 is 2.50 bits per heavy atom. The third-order valence-corrected chi connectivity index (χ3v) is 5.43. The molecule has 0 spiro atoms. The number of ether oxygens (including phenoxy) is 1. The van der Waals surface area contributed by atoms with Gasteiger partial charge in [0.15, 0.2) is 0 Å². The van der Waals surface area contributed by atoms with Gasteiger partial charge in [-0.15, -0.1) is 0 Å². The minimum atomic E-state index is -0.199. The van der Waals surface area contributed by atoms with Crippen molar-refractivity contribution in [3.8, 4) is 5.75 Å².